The molecular formula is C19H26N2O2. The smallest absolute Gasteiger partial charge is 0.227 e. The van der Waals surface area contributed by atoms with Crippen LogP contribution in [-0.2, 0) is 9.59 Å². The number of unbranched alkanes of at least 4 members (excludes halogenated alkanes) is 1. The van der Waals surface area contributed by atoms with Gasteiger partial charge in [-0.15, -0.1) is 0 Å². The highest BCUT2D eigenvalue weighted by molar-refractivity contribution is 6.00. The SMILES string of the molecule is CCCCC(=O)Nc1ccc(C)cc1NC(=O)C1CC=CCC1. The standard InChI is InChI=1S/C19H26N2O2/c1-3-4-10-18(22)20-16-12-11-14(2)13-17(16)21-19(23)15-8-6-5-7-9-15/h5-6,11-13,15H,3-4,7-10H2,1-2H3,(H,20,22)(H,21,23). The minimum Gasteiger partial charge on any atom is -0.324 e. The van der Waals surface area contributed by atoms with E-state index in [0.717, 1.165) is 37.7 Å². The summed E-state index contributed by atoms with van der Waals surface area (Å²) in [6.45, 7) is 4.03. The van der Waals surface area contributed by atoms with Crippen molar-refractivity contribution in [2.45, 2.75) is 52.4 Å². The molecule has 0 aliphatic heterocycles. The third-order valence-electron chi connectivity index (χ3n) is 4.10. The van der Waals surface area contributed by atoms with Gasteiger partial charge in [0.2, 0.25) is 11.8 Å². The van der Waals surface area contributed by atoms with Gasteiger partial charge in [-0.1, -0.05) is 31.6 Å². The molecule has 0 bridgehead atoms. The van der Waals surface area contributed by atoms with Gasteiger partial charge in [0.15, 0.2) is 0 Å². The van der Waals surface area contributed by atoms with E-state index >= 15 is 0 Å². The van der Waals surface area contributed by atoms with E-state index in [1.807, 2.05) is 25.1 Å². The summed E-state index contributed by atoms with van der Waals surface area (Å²) in [6, 6.07) is 5.70. The van der Waals surface area contributed by atoms with Crippen LogP contribution in [0.4, 0.5) is 11.4 Å². The molecule has 1 aromatic carbocycles. The summed E-state index contributed by atoms with van der Waals surface area (Å²) >= 11 is 0. The fraction of sp³-hybridized carbons (Fsp3) is 0.474. The molecule has 0 radical (unpaired) electrons. The molecular weight excluding hydrogens is 288 g/mol. The second kappa shape index (κ2) is 8.51. The molecule has 0 fully saturated rings. The third-order valence-corrected chi connectivity index (χ3v) is 4.10. The molecule has 0 aromatic heterocycles. The number of benzene rings is 1. The Morgan fingerprint density at radius 2 is 2.00 bits per heavy atom. The summed E-state index contributed by atoms with van der Waals surface area (Å²) in [5, 5.41) is 5.91. The minimum absolute atomic E-state index is 0.00759. The van der Waals surface area contributed by atoms with Gasteiger partial charge in [-0.3, -0.25) is 9.59 Å². The van der Waals surface area contributed by atoms with Crippen molar-refractivity contribution in [2.24, 2.45) is 5.92 Å². The number of carbonyl (C=O) groups excluding carboxylic acids is 2. The van der Waals surface area contributed by atoms with E-state index < -0.39 is 0 Å². The number of anilines is 2. The van der Waals surface area contributed by atoms with E-state index in [1.54, 1.807) is 0 Å². The van der Waals surface area contributed by atoms with Crippen molar-refractivity contribution in [3.8, 4) is 0 Å². The Kier molecular flexibility index (Phi) is 6.39. The predicted octanol–water partition coefficient (Wildman–Crippen LogP) is 4.42. The average Bonchev–Trinajstić information content (AvgIpc) is 2.56. The summed E-state index contributed by atoms with van der Waals surface area (Å²) < 4.78 is 0. The largest absolute Gasteiger partial charge is 0.324 e. The summed E-state index contributed by atoms with van der Waals surface area (Å²) in [7, 11) is 0. The third kappa shape index (κ3) is 5.23. The summed E-state index contributed by atoms with van der Waals surface area (Å²) in [5.74, 6) is 0.0416. The van der Waals surface area contributed by atoms with Crippen LogP contribution >= 0.6 is 0 Å². The first-order valence-electron chi connectivity index (χ1n) is 8.46. The van der Waals surface area contributed by atoms with Crippen LogP contribution in [0.3, 0.4) is 0 Å². The van der Waals surface area contributed by atoms with Gasteiger partial charge < -0.3 is 10.6 Å². The molecule has 2 rings (SSSR count). The highest BCUT2D eigenvalue weighted by Gasteiger charge is 2.20. The van der Waals surface area contributed by atoms with Crippen LogP contribution < -0.4 is 10.6 Å². The van der Waals surface area contributed by atoms with E-state index in [-0.39, 0.29) is 17.7 Å². The lowest BCUT2D eigenvalue weighted by Gasteiger charge is -2.19. The lowest BCUT2D eigenvalue weighted by molar-refractivity contribution is -0.120. The average molecular weight is 314 g/mol. The van der Waals surface area contributed by atoms with Crippen LogP contribution in [-0.4, -0.2) is 11.8 Å². The van der Waals surface area contributed by atoms with Gasteiger partial charge in [0, 0.05) is 12.3 Å². The number of hydrogen-bond donors (Lipinski definition) is 2. The molecule has 1 aliphatic carbocycles. The zero-order chi connectivity index (χ0) is 16.7. The second-order valence-corrected chi connectivity index (χ2v) is 6.17. The number of rotatable bonds is 6. The second-order valence-electron chi connectivity index (χ2n) is 6.17. The highest BCUT2D eigenvalue weighted by atomic mass is 16.2. The normalized spacial score (nSPS) is 16.9. The Bertz CT molecular complexity index is 593. The molecule has 2 amide bonds. The van der Waals surface area contributed by atoms with Crippen LogP contribution in [0.2, 0.25) is 0 Å². The number of carbonyl (C=O) groups is 2. The zero-order valence-corrected chi connectivity index (χ0v) is 14.0. The van der Waals surface area contributed by atoms with Crippen LogP contribution in [0.1, 0.15) is 51.0 Å². The van der Waals surface area contributed by atoms with Gasteiger partial charge in [0.1, 0.15) is 0 Å². The van der Waals surface area contributed by atoms with Gasteiger partial charge in [0.05, 0.1) is 11.4 Å². The lowest BCUT2D eigenvalue weighted by atomic mass is 9.93. The molecule has 0 spiro atoms. The Hall–Kier alpha value is -2.10. The number of allylic oxidation sites excluding steroid dienone is 2. The van der Waals surface area contributed by atoms with Crippen LogP contribution in [0.5, 0.6) is 0 Å². The fourth-order valence-electron chi connectivity index (χ4n) is 2.69. The monoisotopic (exact) mass is 314 g/mol. The van der Waals surface area contributed by atoms with E-state index in [0.29, 0.717) is 17.8 Å². The van der Waals surface area contributed by atoms with Crippen LogP contribution in [0.25, 0.3) is 0 Å². The van der Waals surface area contributed by atoms with E-state index in [2.05, 4.69) is 29.7 Å². The molecule has 1 atom stereocenters. The van der Waals surface area contributed by atoms with Crippen molar-refractivity contribution in [3.63, 3.8) is 0 Å². The highest BCUT2D eigenvalue weighted by Crippen LogP contribution is 2.26. The van der Waals surface area contributed by atoms with Crippen molar-refractivity contribution in [1.82, 2.24) is 0 Å². The Morgan fingerprint density at radius 1 is 1.17 bits per heavy atom. The first-order valence-corrected chi connectivity index (χ1v) is 8.46. The fourth-order valence-corrected chi connectivity index (χ4v) is 2.69. The van der Waals surface area contributed by atoms with Crippen molar-refractivity contribution in [3.05, 3.63) is 35.9 Å². The minimum atomic E-state index is -0.00759. The molecule has 0 saturated carbocycles. The van der Waals surface area contributed by atoms with E-state index in [4.69, 9.17) is 0 Å². The molecule has 1 aromatic rings. The summed E-state index contributed by atoms with van der Waals surface area (Å²) in [6.07, 6.45) is 9.17. The van der Waals surface area contributed by atoms with Crippen LogP contribution in [0.15, 0.2) is 30.4 Å². The molecule has 2 N–H and O–H groups in total. The number of nitrogens with one attached hydrogen (secondary N) is 2. The predicted molar refractivity (Wildman–Crippen MR) is 94.4 cm³/mol. The Morgan fingerprint density at radius 3 is 2.70 bits per heavy atom. The van der Waals surface area contributed by atoms with Gasteiger partial charge in [-0.25, -0.2) is 0 Å². The zero-order valence-electron chi connectivity index (χ0n) is 14.0. The summed E-state index contributed by atoms with van der Waals surface area (Å²) in [4.78, 5) is 24.4. The maximum absolute atomic E-state index is 12.4. The van der Waals surface area contributed by atoms with Crippen LogP contribution in [0, 0.1) is 12.8 Å². The van der Waals surface area contributed by atoms with Crippen molar-refractivity contribution < 1.29 is 9.59 Å². The lowest BCUT2D eigenvalue weighted by Crippen LogP contribution is -2.24. The van der Waals surface area contributed by atoms with Gasteiger partial charge in [-0.05, 0) is 50.3 Å². The summed E-state index contributed by atoms with van der Waals surface area (Å²) in [5.41, 5.74) is 2.42. The Balaban J connectivity index is 2.07. The number of aryl methyl sites for hydroxylation is 1. The first-order chi connectivity index (χ1) is 11.1. The van der Waals surface area contributed by atoms with Gasteiger partial charge in [-0.2, -0.15) is 0 Å². The number of amides is 2. The molecule has 1 unspecified atom stereocenters. The van der Waals surface area contributed by atoms with Gasteiger partial charge in [0.25, 0.3) is 0 Å². The molecule has 124 valence electrons. The van der Waals surface area contributed by atoms with E-state index in [1.165, 1.54) is 0 Å². The topological polar surface area (TPSA) is 58.2 Å². The molecule has 0 heterocycles. The maximum atomic E-state index is 12.4. The van der Waals surface area contributed by atoms with Crippen molar-refractivity contribution in [2.75, 3.05) is 10.6 Å². The molecule has 23 heavy (non-hydrogen) atoms. The first kappa shape index (κ1) is 17.3. The molecule has 4 heteroatoms. The van der Waals surface area contributed by atoms with Crippen molar-refractivity contribution in [1.29, 1.82) is 0 Å². The quantitative estimate of drug-likeness (QED) is 0.764. The molecule has 0 saturated heterocycles. The van der Waals surface area contributed by atoms with E-state index in [9.17, 15) is 9.59 Å². The number of hydrogen-bond acceptors (Lipinski definition) is 2. The van der Waals surface area contributed by atoms with Crippen molar-refractivity contribution >= 4 is 23.2 Å². The Labute approximate surface area is 138 Å². The molecule has 4 nitrogen and oxygen atoms in total. The molecule has 1 aliphatic rings. The maximum Gasteiger partial charge on any atom is 0.227 e. The van der Waals surface area contributed by atoms with Gasteiger partial charge >= 0.3 is 0 Å².